The average Bonchev–Trinajstić information content (AvgIpc) is 3.44. The third-order valence-corrected chi connectivity index (χ3v) is 7.13. The van der Waals surface area contributed by atoms with Gasteiger partial charge in [0.1, 0.15) is 10.8 Å². The van der Waals surface area contributed by atoms with Gasteiger partial charge in [0.15, 0.2) is 5.76 Å². The van der Waals surface area contributed by atoms with Gasteiger partial charge in [0, 0.05) is 0 Å². The number of carbonyl (C=O) groups excluding carboxylic acids is 2. The van der Waals surface area contributed by atoms with Crippen LogP contribution < -0.4 is 9.64 Å². The third kappa shape index (κ3) is 4.40. The molecule has 10 heteroatoms. The first-order valence-electron chi connectivity index (χ1n) is 10.6. The Morgan fingerprint density at radius 1 is 1.18 bits per heavy atom. The Balaban J connectivity index is 1.82. The van der Waals surface area contributed by atoms with Crippen LogP contribution in [0, 0.1) is 20.8 Å². The van der Waals surface area contributed by atoms with E-state index in [9.17, 15) is 14.7 Å². The predicted molar refractivity (Wildman–Crippen MR) is 127 cm³/mol. The van der Waals surface area contributed by atoms with Crippen LogP contribution in [0.25, 0.3) is 0 Å². The van der Waals surface area contributed by atoms with E-state index in [0.717, 1.165) is 17.8 Å². The highest BCUT2D eigenvalue weighted by Gasteiger charge is 2.46. The summed E-state index contributed by atoms with van der Waals surface area (Å²) in [6.45, 7) is 7.98. The Labute approximate surface area is 199 Å². The zero-order chi connectivity index (χ0) is 23.7. The third-order valence-electron chi connectivity index (χ3n) is 5.22. The molecule has 0 aliphatic carbocycles. The van der Waals surface area contributed by atoms with Crippen molar-refractivity contribution in [2.45, 2.75) is 46.6 Å². The number of nitrogens with zero attached hydrogens (tertiary/aromatic N) is 4. The van der Waals surface area contributed by atoms with E-state index in [4.69, 9.17) is 4.74 Å². The molecule has 2 aromatic heterocycles. The molecule has 1 aliphatic heterocycles. The quantitative estimate of drug-likeness (QED) is 0.359. The van der Waals surface area contributed by atoms with Crippen LogP contribution >= 0.6 is 22.7 Å². The number of unbranched alkanes of at least 4 members (excludes halogenated alkanes) is 1. The molecule has 1 N–H and O–H groups in total. The fourth-order valence-corrected chi connectivity index (χ4v) is 5.29. The lowest BCUT2D eigenvalue weighted by molar-refractivity contribution is -0.117. The Bertz CT molecular complexity index is 1250. The van der Waals surface area contributed by atoms with Crippen LogP contribution in [0.2, 0.25) is 0 Å². The first kappa shape index (κ1) is 23.1. The van der Waals surface area contributed by atoms with E-state index >= 15 is 0 Å². The van der Waals surface area contributed by atoms with E-state index in [1.807, 2.05) is 25.1 Å². The first-order valence-corrected chi connectivity index (χ1v) is 12.2. The zero-order valence-corrected chi connectivity index (χ0v) is 20.4. The van der Waals surface area contributed by atoms with Gasteiger partial charge in [-0.2, -0.15) is 0 Å². The second-order valence-corrected chi connectivity index (χ2v) is 10.1. The molecule has 172 valence electrons. The lowest BCUT2D eigenvalue weighted by Crippen LogP contribution is -2.31. The molecular formula is C23H24N4O4S2. The number of hydrogen-bond donors (Lipinski definition) is 1. The van der Waals surface area contributed by atoms with Gasteiger partial charge in [-0.05, 0) is 44.9 Å². The van der Waals surface area contributed by atoms with E-state index in [1.165, 1.54) is 27.6 Å². The van der Waals surface area contributed by atoms with E-state index in [2.05, 4.69) is 22.1 Å². The molecule has 4 rings (SSSR count). The van der Waals surface area contributed by atoms with Gasteiger partial charge in [-0.25, -0.2) is 4.98 Å². The molecule has 3 aromatic rings. The van der Waals surface area contributed by atoms with Crippen molar-refractivity contribution in [3.63, 3.8) is 0 Å². The van der Waals surface area contributed by atoms with E-state index in [-0.39, 0.29) is 5.57 Å². The van der Waals surface area contributed by atoms with Crippen molar-refractivity contribution >= 4 is 39.5 Å². The number of ether oxygens (including phenoxy) is 1. The van der Waals surface area contributed by atoms with Crippen LogP contribution in [0.4, 0.5) is 5.13 Å². The molecule has 1 unspecified atom stereocenters. The number of carbonyl (C=O) groups is 2. The molecule has 33 heavy (non-hydrogen) atoms. The number of ketones is 1. The van der Waals surface area contributed by atoms with E-state index in [0.29, 0.717) is 38.6 Å². The average molecular weight is 485 g/mol. The highest BCUT2D eigenvalue weighted by molar-refractivity contribution is 7.15. The maximum absolute atomic E-state index is 13.6. The lowest BCUT2D eigenvalue weighted by atomic mass is 9.95. The van der Waals surface area contributed by atoms with Crippen LogP contribution in [0.5, 0.6) is 5.75 Å². The summed E-state index contributed by atoms with van der Waals surface area (Å²) >= 11 is 2.46. The summed E-state index contributed by atoms with van der Waals surface area (Å²) in [5.41, 5.74) is 1.21. The van der Waals surface area contributed by atoms with Crippen LogP contribution in [-0.4, -0.2) is 38.6 Å². The van der Waals surface area contributed by atoms with Gasteiger partial charge < -0.3 is 9.84 Å². The number of thiazole rings is 1. The summed E-state index contributed by atoms with van der Waals surface area (Å²) in [6.07, 6.45) is 1.92. The fraction of sp³-hybridized carbons (Fsp3) is 0.348. The molecule has 1 atom stereocenters. The monoisotopic (exact) mass is 484 g/mol. The van der Waals surface area contributed by atoms with Crippen LogP contribution in [0.3, 0.4) is 0 Å². The lowest BCUT2D eigenvalue weighted by Gasteiger charge is -2.24. The number of amides is 1. The van der Waals surface area contributed by atoms with Crippen molar-refractivity contribution in [1.29, 1.82) is 0 Å². The fourth-order valence-electron chi connectivity index (χ4n) is 3.71. The number of Topliss-reactive ketones (excluding diaryl/α,β-unsaturated/α-hetero) is 1. The molecular weight excluding hydrogens is 460 g/mol. The molecule has 0 saturated heterocycles. The van der Waals surface area contributed by atoms with Gasteiger partial charge in [-0.15, -0.1) is 21.5 Å². The van der Waals surface area contributed by atoms with Gasteiger partial charge in [0.05, 0.1) is 33.8 Å². The number of benzene rings is 1. The van der Waals surface area contributed by atoms with Crippen molar-refractivity contribution in [1.82, 2.24) is 15.2 Å². The summed E-state index contributed by atoms with van der Waals surface area (Å²) in [4.78, 5) is 32.9. The molecule has 8 nitrogen and oxygen atoms in total. The summed E-state index contributed by atoms with van der Waals surface area (Å²) in [5, 5.41) is 20.7. The van der Waals surface area contributed by atoms with Crippen LogP contribution in [0.1, 0.15) is 56.8 Å². The van der Waals surface area contributed by atoms with Gasteiger partial charge in [-0.3, -0.25) is 14.5 Å². The van der Waals surface area contributed by atoms with Crippen molar-refractivity contribution in [3.05, 3.63) is 61.7 Å². The van der Waals surface area contributed by atoms with Gasteiger partial charge in [0.2, 0.25) is 10.9 Å². The number of rotatable bonds is 8. The van der Waals surface area contributed by atoms with E-state index in [1.54, 1.807) is 19.9 Å². The predicted octanol–water partition coefficient (Wildman–Crippen LogP) is 4.88. The number of aromatic nitrogens is 3. The van der Waals surface area contributed by atoms with Gasteiger partial charge >= 0.3 is 0 Å². The van der Waals surface area contributed by atoms with Gasteiger partial charge in [0.25, 0.3) is 5.91 Å². The normalized spacial score (nSPS) is 16.1. The van der Waals surface area contributed by atoms with Crippen LogP contribution in [0.15, 0.2) is 35.6 Å². The molecule has 3 heterocycles. The molecule has 1 amide bonds. The Morgan fingerprint density at radius 3 is 2.61 bits per heavy atom. The van der Waals surface area contributed by atoms with Crippen molar-refractivity contribution in [2.24, 2.45) is 0 Å². The van der Waals surface area contributed by atoms with Crippen molar-refractivity contribution in [3.8, 4) is 5.75 Å². The topological polar surface area (TPSA) is 106 Å². The standard InChI is InChI=1S/C23H24N4O4S2/c1-5-6-10-31-16-9-7-8-15(11-16)18-17(19(28)21-12(2)24-13(3)32-21)20(29)22(30)27(18)23-26-25-14(4)33-23/h7-9,11,18,29H,5-6,10H2,1-4H3. The summed E-state index contributed by atoms with van der Waals surface area (Å²) in [7, 11) is 0. The highest BCUT2D eigenvalue weighted by Crippen LogP contribution is 2.44. The Morgan fingerprint density at radius 2 is 1.97 bits per heavy atom. The molecule has 1 aliphatic rings. The minimum atomic E-state index is -0.867. The second kappa shape index (κ2) is 9.40. The zero-order valence-electron chi connectivity index (χ0n) is 18.8. The second-order valence-electron chi connectivity index (χ2n) is 7.69. The van der Waals surface area contributed by atoms with Crippen LogP contribution in [-0.2, 0) is 4.79 Å². The largest absolute Gasteiger partial charge is 0.503 e. The number of aliphatic hydroxyl groups is 1. The molecule has 0 spiro atoms. The van der Waals surface area contributed by atoms with Crippen molar-refractivity contribution in [2.75, 3.05) is 11.5 Å². The number of hydrogen-bond acceptors (Lipinski definition) is 9. The van der Waals surface area contributed by atoms with Gasteiger partial charge in [-0.1, -0.05) is 36.8 Å². The molecule has 0 bridgehead atoms. The Kier molecular flexibility index (Phi) is 6.57. The highest BCUT2D eigenvalue weighted by atomic mass is 32.1. The maximum atomic E-state index is 13.6. The molecule has 0 radical (unpaired) electrons. The number of aryl methyl sites for hydroxylation is 3. The number of aliphatic hydroxyl groups excluding tert-OH is 1. The summed E-state index contributed by atoms with van der Waals surface area (Å²) < 4.78 is 5.85. The minimum Gasteiger partial charge on any atom is -0.503 e. The smallest absolute Gasteiger partial charge is 0.296 e. The molecule has 0 saturated carbocycles. The Hall–Kier alpha value is -3.11. The first-order chi connectivity index (χ1) is 15.8. The maximum Gasteiger partial charge on any atom is 0.296 e. The van der Waals surface area contributed by atoms with Crippen molar-refractivity contribution < 1.29 is 19.4 Å². The summed E-state index contributed by atoms with van der Waals surface area (Å²) in [5.74, 6) is -1.06. The number of anilines is 1. The molecule has 0 fully saturated rings. The van der Waals surface area contributed by atoms with E-state index < -0.39 is 23.5 Å². The molecule has 1 aromatic carbocycles. The SMILES string of the molecule is CCCCOc1cccc(C2C(C(=O)c3sc(C)nc3C)=C(O)C(=O)N2c2nnc(C)s2)c1. The summed E-state index contributed by atoms with van der Waals surface area (Å²) in [6, 6.07) is 6.38. The minimum absolute atomic E-state index is 0.00492.